The molecule has 0 aliphatic carbocycles. The molecular formula is C11H20ClNO. The number of rotatable bonds is 4. The molecule has 1 aliphatic rings. The molecule has 1 heterocycles. The number of hydrogen-bond acceptors (Lipinski definition) is 1. The molecule has 1 fully saturated rings. The number of halogens is 1. The lowest BCUT2D eigenvalue weighted by Gasteiger charge is -2.17. The summed E-state index contributed by atoms with van der Waals surface area (Å²) in [5, 5.41) is 0. The first-order valence-electron chi connectivity index (χ1n) is 5.49. The Balaban J connectivity index is 2.30. The summed E-state index contributed by atoms with van der Waals surface area (Å²) in [6, 6.07) is 0. The molecule has 1 saturated heterocycles. The average molecular weight is 218 g/mol. The fourth-order valence-corrected chi connectivity index (χ4v) is 2.07. The van der Waals surface area contributed by atoms with Crippen LogP contribution in [-0.2, 0) is 4.79 Å². The Morgan fingerprint density at radius 1 is 1.57 bits per heavy atom. The maximum absolute atomic E-state index is 11.6. The number of amides is 1. The van der Waals surface area contributed by atoms with E-state index >= 15 is 0 Å². The lowest BCUT2D eigenvalue weighted by Crippen LogP contribution is -2.29. The van der Waals surface area contributed by atoms with Crippen LogP contribution in [0.4, 0.5) is 0 Å². The van der Waals surface area contributed by atoms with E-state index in [0.717, 1.165) is 19.5 Å². The highest BCUT2D eigenvalue weighted by atomic mass is 35.5. The van der Waals surface area contributed by atoms with Crippen LogP contribution in [0.25, 0.3) is 0 Å². The van der Waals surface area contributed by atoms with Gasteiger partial charge in [-0.25, -0.2) is 0 Å². The normalized spacial score (nSPS) is 22.0. The molecule has 14 heavy (non-hydrogen) atoms. The quantitative estimate of drug-likeness (QED) is 0.663. The molecule has 3 heteroatoms. The molecule has 1 unspecified atom stereocenters. The second-order valence-corrected chi connectivity index (χ2v) is 4.80. The van der Waals surface area contributed by atoms with Gasteiger partial charge in [-0.3, -0.25) is 4.79 Å². The first kappa shape index (κ1) is 11.8. The van der Waals surface area contributed by atoms with Crippen molar-refractivity contribution in [2.24, 2.45) is 11.8 Å². The third-order valence-corrected chi connectivity index (χ3v) is 3.31. The number of carbonyl (C=O) groups excluding carboxylic acids is 1. The fourth-order valence-electron chi connectivity index (χ4n) is 1.93. The van der Waals surface area contributed by atoms with Gasteiger partial charge in [-0.15, -0.1) is 11.6 Å². The van der Waals surface area contributed by atoms with Gasteiger partial charge in [0.05, 0.1) is 0 Å². The van der Waals surface area contributed by atoms with E-state index in [1.54, 1.807) is 0 Å². The molecule has 2 nitrogen and oxygen atoms in total. The van der Waals surface area contributed by atoms with Gasteiger partial charge in [0.2, 0.25) is 5.91 Å². The van der Waals surface area contributed by atoms with Gasteiger partial charge in [-0.1, -0.05) is 13.8 Å². The van der Waals surface area contributed by atoms with Crippen molar-refractivity contribution < 1.29 is 4.79 Å². The zero-order chi connectivity index (χ0) is 10.6. The Morgan fingerprint density at radius 3 is 2.79 bits per heavy atom. The summed E-state index contributed by atoms with van der Waals surface area (Å²) < 4.78 is 0. The molecular weight excluding hydrogens is 198 g/mol. The highest BCUT2D eigenvalue weighted by molar-refractivity contribution is 6.17. The van der Waals surface area contributed by atoms with Crippen LogP contribution in [0.15, 0.2) is 0 Å². The Labute approximate surface area is 91.6 Å². The second kappa shape index (κ2) is 5.59. The van der Waals surface area contributed by atoms with Crippen molar-refractivity contribution in [1.82, 2.24) is 4.90 Å². The van der Waals surface area contributed by atoms with Crippen molar-refractivity contribution >= 4 is 17.5 Å². The molecule has 1 atom stereocenters. The first-order chi connectivity index (χ1) is 6.65. The van der Waals surface area contributed by atoms with Crippen LogP contribution in [0.1, 0.15) is 33.1 Å². The molecule has 0 aromatic heterocycles. The van der Waals surface area contributed by atoms with Crippen molar-refractivity contribution in [3.63, 3.8) is 0 Å². The molecule has 0 spiro atoms. The largest absolute Gasteiger partial charge is 0.342 e. The van der Waals surface area contributed by atoms with Crippen LogP contribution in [0.3, 0.4) is 0 Å². The van der Waals surface area contributed by atoms with Crippen LogP contribution < -0.4 is 0 Å². The Bertz CT molecular complexity index is 194. The smallest absolute Gasteiger partial charge is 0.222 e. The lowest BCUT2D eigenvalue weighted by atomic mass is 9.95. The van der Waals surface area contributed by atoms with Crippen molar-refractivity contribution in [3.05, 3.63) is 0 Å². The van der Waals surface area contributed by atoms with Gasteiger partial charge in [0.1, 0.15) is 0 Å². The lowest BCUT2D eigenvalue weighted by molar-refractivity contribution is -0.130. The van der Waals surface area contributed by atoms with Gasteiger partial charge >= 0.3 is 0 Å². The summed E-state index contributed by atoms with van der Waals surface area (Å²) in [5.41, 5.74) is 0. The number of likely N-dealkylation sites (tertiary alicyclic amines) is 1. The molecule has 0 aromatic rings. The SMILES string of the molecule is CC(C)C1CCN(C(=O)CCCCl)C1. The summed E-state index contributed by atoms with van der Waals surface area (Å²) in [6.45, 7) is 6.37. The molecule has 0 aromatic carbocycles. The molecule has 82 valence electrons. The fraction of sp³-hybridized carbons (Fsp3) is 0.909. The Hall–Kier alpha value is -0.240. The minimum absolute atomic E-state index is 0.286. The van der Waals surface area contributed by atoms with E-state index in [-0.39, 0.29) is 5.91 Å². The van der Waals surface area contributed by atoms with E-state index in [9.17, 15) is 4.79 Å². The van der Waals surface area contributed by atoms with Crippen LogP contribution in [0, 0.1) is 11.8 Å². The van der Waals surface area contributed by atoms with E-state index in [0.29, 0.717) is 24.1 Å². The van der Waals surface area contributed by atoms with Gasteiger partial charge in [0.15, 0.2) is 0 Å². The van der Waals surface area contributed by atoms with E-state index in [1.165, 1.54) is 6.42 Å². The van der Waals surface area contributed by atoms with Crippen LogP contribution in [-0.4, -0.2) is 29.8 Å². The van der Waals surface area contributed by atoms with Crippen molar-refractivity contribution in [1.29, 1.82) is 0 Å². The summed E-state index contributed by atoms with van der Waals surface area (Å²) in [7, 11) is 0. The topological polar surface area (TPSA) is 20.3 Å². The molecule has 0 radical (unpaired) electrons. The third kappa shape index (κ3) is 3.16. The van der Waals surface area contributed by atoms with Crippen LogP contribution in [0.5, 0.6) is 0 Å². The molecule has 0 bridgehead atoms. The predicted octanol–water partition coefficient (Wildman–Crippen LogP) is 2.51. The number of carbonyl (C=O) groups is 1. The third-order valence-electron chi connectivity index (χ3n) is 3.04. The minimum atomic E-state index is 0.286. The van der Waals surface area contributed by atoms with E-state index < -0.39 is 0 Å². The molecule has 1 aliphatic heterocycles. The maximum atomic E-state index is 11.6. The second-order valence-electron chi connectivity index (χ2n) is 4.43. The highest BCUT2D eigenvalue weighted by Crippen LogP contribution is 2.24. The molecule has 0 saturated carbocycles. The number of hydrogen-bond donors (Lipinski definition) is 0. The summed E-state index contributed by atoms with van der Waals surface area (Å²) in [5.74, 6) is 2.28. The van der Waals surface area contributed by atoms with Crippen LogP contribution in [0.2, 0.25) is 0 Å². The summed E-state index contributed by atoms with van der Waals surface area (Å²) in [4.78, 5) is 13.6. The van der Waals surface area contributed by atoms with E-state index in [2.05, 4.69) is 13.8 Å². The van der Waals surface area contributed by atoms with Gasteiger partial charge in [-0.2, -0.15) is 0 Å². The van der Waals surface area contributed by atoms with Gasteiger partial charge in [-0.05, 0) is 24.7 Å². The molecule has 1 rings (SSSR count). The monoisotopic (exact) mass is 217 g/mol. The minimum Gasteiger partial charge on any atom is -0.342 e. The molecule has 0 N–H and O–H groups in total. The zero-order valence-corrected chi connectivity index (χ0v) is 9.89. The molecule has 1 amide bonds. The van der Waals surface area contributed by atoms with Crippen molar-refractivity contribution in [2.75, 3.05) is 19.0 Å². The standard InChI is InChI=1S/C11H20ClNO/c1-9(2)10-5-7-13(8-10)11(14)4-3-6-12/h9-10H,3-8H2,1-2H3. The Kier molecular flexibility index (Phi) is 4.73. The van der Waals surface area contributed by atoms with Gasteiger partial charge < -0.3 is 4.90 Å². The van der Waals surface area contributed by atoms with Crippen LogP contribution >= 0.6 is 11.6 Å². The van der Waals surface area contributed by atoms with Gasteiger partial charge in [0.25, 0.3) is 0 Å². The average Bonchev–Trinajstić information content (AvgIpc) is 2.62. The summed E-state index contributed by atoms with van der Waals surface area (Å²) in [6.07, 6.45) is 2.60. The number of alkyl halides is 1. The number of nitrogens with zero attached hydrogens (tertiary/aromatic N) is 1. The zero-order valence-electron chi connectivity index (χ0n) is 9.13. The highest BCUT2D eigenvalue weighted by Gasteiger charge is 2.27. The van der Waals surface area contributed by atoms with E-state index in [4.69, 9.17) is 11.6 Å². The van der Waals surface area contributed by atoms with E-state index in [1.807, 2.05) is 4.90 Å². The first-order valence-corrected chi connectivity index (χ1v) is 6.02. The van der Waals surface area contributed by atoms with Gasteiger partial charge in [0, 0.05) is 25.4 Å². The Morgan fingerprint density at radius 2 is 2.29 bits per heavy atom. The summed E-state index contributed by atoms with van der Waals surface area (Å²) >= 11 is 5.56. The maximum Gasteiger partial charge on any atom is 0.222 e. The van der Waals surface area contributed by atoms with Crippen molar-refractivity contribution in [2.45, 2.75) is 33.1 Å². The van der Waals surface area contributed by atoms with Crippen molar-refractivity contribution in [3.8, 4) is 0 Å². The predicted molar refractivity (Wildman–Crippen MR) is 59.5 cm³/mol.